The predicted octanol–water partition coefficient (Wildman–Crippen LogP) is 0.384. The van der Waals surface area contributed by atoms with E-state index in [0.717, 1.165) is 5.69 Å². The second-order valence-electron chi connectivity index (χ2n) is 6.21. The maximum Gasteiger partial charge on any atom is 0.253 e. The third-order valence-corrected chi connectivity index (χ3v) is 6.45. The lowest BCUT2D eigenvalue weighted by atomic mass is 10.0. The molecule has 3 heterocycles. The first-order valence-electron chi connectivity index (χ1n) is 7.48. The molecule has 2 atom stereocenters. The number of likely N-dealkylation sites (tertiary alicyclic amines) is 1. The quantitative estimate of drug-likeness (QED) is 0.794. The number of sulfone groups is 1. The molecule has 2 saturated heterocycles. The van der Waals surface area contributed by atoms with Crippen LogP contribution in [0.15, 0.2) is 36.7 Å². The van der Waals surface area contributed by atoms with E-state index in [2.05, 4.69) is 10.3 Å². The summed E-state index contributed by atoms with van der Waals surface area (Å²) in [6.07, 6.45) is 3.30. The predicted molar refractivity (Wildman–Crippen MR) is 82.9 cm³/mol. The van der Waals surface area contributed by atoms with E-state index in [1.165, 1.54) is 0 Å². The van der Waals surface area contributed by atoms with Crippen molar-refractivity contribution in [1.82, 2.24) is 19.9 Å². The molecule has 120 valence electrons. The Morgan fingerprint density at radius 2 is 1.91 bits per heavy atom. The Morgan fingerprint density at radius 1 is 1.17 bits per heavy atom. The molecule has 1 amide bonds. The zero-order valence-electron chi connectivity index (χ0n) is 12.4. The average Bonchev–Trinajstić information content (AvgIpc) is 3.21. The van der Waals surface area contributed by atoms with Crippen LogP contribution in [0.4, 0.5) is 0 Å². The maximum atomic E-state index is 12.7. The number of hydrogen-bond acceptors (Lipinski definition) is 5. The minimum atomic E-state index is -2.91. The van der Waals surface area contributed by atoms with Crippen LogP contribution in [-0.4, -0.2) is 58.8 Å². The fraction of sp³-hybridized carbons (Fsp3) is 0.400. The molecule has 0 radical (unpaired) electrons. The van der Waals surface area contributed by atoms with Crippen molar-refractivity contribution < 1.29 is 13.2 Å². The molecule has 0 spiro atoms. The number of aromatic nitrogens is 3. The van der Waals surface area contributed by atoms with E-state index in [1.54, 1.807) is 34.1 Å². The largest absolute Gasteiger partial charge is 0.338 e. The highest BCUT2D eigenvalue weighted by atomic mass is 32.2. The van der Waals surface area contributed by atoms with Crippen LogP contribution in [0, 0.1) is 11.8 Å². The zero-order chi connectivity index (χ0) is 16.0. The SMILES string of the molecule is O=C(c1cccc(-n2ccnn2)c1)N1C[C@@H]2CS(=O)(=O)C[C@@H]2C1. The van der Waals surface area contributed by atoms with Gasteiger partial charge in [-0.15, -0.1) is 5.10 Å². The van der Waals surface area contributed by atoms with Crippen LogP contribution in [0.3, 0.4) is 0 Å². The number of nitrogens with zero attached hydrogens (tertiary/aromatic N) is 4. The number of hydrogen-bond donors (Lipinski definition) is 0. The summed E-state index contributed by atoms with van der Waals surface area (Å²) in [6.45, 7) is 1.05. The van der Waals surface area contributed by atoms with E-state index in [0.29, 0.717) is 18.7 Å². The molecule has 0 saturated carbocycles. The van der Waals surface area contributed by atoms with Gasteiger partial charge >= 0.3 is 0 Å². The van der Waals surface area contributed by atoms with Crippen molar-refractivity contribution in [1.29, 1.82) is 0 Å². The van der Waals surface area contributed by atoms with E-state index in [4.69, 9.17) is 0 Å². The van der Waals surface area contributed by atoms with Gasteiger partial charge in [-0.2, -0.15) is 0 Å². The van der Waals surface area contributed by atoms with Crippen LogP contribution in [-0.2, 0) is 9.84 Å². The van der Waals surface area contributed by atoms with Gasteiger partial charge in [0.25, 0.3) is 5.91 Å². The lowest BCUT2D eigenvalue weighted by Gasteiger charge is -2.17. The molecule has 23 heavy (non-hydrogen) atoms. The van der Waals surface area contributed by atoms with Gasteiger partial charge in [0.1, 0.15) is 0 Å². The molecule has 7 nitrogen and oxygen atoms in total. The van der Waals surface area contributed by atoms with Gasteiger partial charge in [0.15, 0.2) is 9.84 Å². The van der Waals surface area contributed by atoms with Gasteiger partial charge in [-0.3, -0.25) is 4.79 Å². The van der Waals surface area contributed by atoms with Crippen molar-refractivity contribution in [3.8, 4) is 5.69 Å². The maximum absolute atomic E-state index is 12.7. The molecule has 0 N–H and O–H groups in total. The topological polar surface area (TPSA) is 85.2 Å². The van der Waals surface area contributed by atoms with Crippen LogP contribution in [0.25, 0.3) is 5.69 Å². The second-order valence-corrected chi connectivity index (χ2v) is 8.36. The summed E-state index contributed by atoms with van der Waals surface area (Å²) in [5, 5.41) is 7.69. The minimum Gasteiger partial charge on any atom is -0.338 e. The molecular weight excluding hydrogens is 316 g/mol. The fourth-order valence-corrected chi connectivity index (χ4v) is 5.71. The summed E-state index contributed by atoms with van der Waals surface area (Å²) < 4.78 is 24.9. The fourth-order valence-electron chi connectivity index (χ4n) is 3.51. The van der Waals surface area contributed by atoms with Gasteiger partial charge in [0.2, 0.25) is 0 Å². The highest BCUT2D eigenvalue weighted by Crippen LogP contribution is 2.33. The van der Waals surface area contributed by atoms with E-state index in [1.807, 2.05) is 12.1 Å². The molecule has 2 fully saturated rings. The number of benzene rings is 1. The summed E-state index contributed by atoms with van der Waals surface area (Å²) in [5.41, 5.74) is 1.36. The number of carbonyl (C=O) groups excluding carboxylic acids is 1. The third kappa shape index (κ3) is 2.63. The molecule has 2 aromatic rings. The minimum absolute atomic E-state index is 0.0567. The van der Waals surface area contributed by atoms with E-state index < -0.39 is 9.84 Å². The number of amides is 1. The monoisotopic (exact) mass is 332 g/mol. The summed E-state index contributed by atoms with van der Waals surface area (Å²) in [6, 6.07) is 7.22. The van der Waals surface area contributed by atoms with E-state index in [-0.39, 0.29) is 29.2 Å². The molecule has 1 aromatic heterocycles. The highest BCUT2D eigenvalue weighted by molar-refractivity contribution is 7.91. The first kappa shape index (κ1) is 14.4. The Hall–Kier alpha value is -2.22. The molecule has 8 heteroatoms. The number of carbonyl (C=O) groups is 1. The first-order chi connectivity index (χ1) is 11.0. The van der Waals surface area contributed by atoms with Gasteiger partial charge in [0.05, 0.1) is 29.6 Å². The summed E-state index contributed by atoms with van der Waals surface area (Å²) in [7, 11) is -2.91. The van der Waals surface area contributed by atoms with Crippen molar-refractivity contribution in [2.45, 2.75) is 0 Å². The van der Waals surface area contributed by atoms with Crippen molar-refractivity contribution in [2.75, 3.05) is 24.6 Å². The lowest BCUT2D eigenvalue weighted by molar-refractivity contribution is 0.0784. The van der Waals surface area contributed by atoms with Crippen molar-refractivity contribution in [3.05, 3.63) is 42.2 Å². The molecule has 0 aliphatic carbocycles. The van der Waals surface area contributed by atoms with E-state index >= 15 is 0 Å². The van der Waals surface area contributed by atoms with Gasteiger partial charge in [0, 0.05) is 18.7 Å². The van der Waals surface area contributed by atoms with Gasteiger partial charge < -0.3 is 4.90 Å². The smallest absolute Gasteiger partial charge is 0.253 e. The molecule has 0 unspecified atom stereocenters. The summed E-state index contributed by atoms with van der Waals surface area (Å²) in [4.78, 5) is 14.5. The molecular formula is C15H16N4O3S. The molecule has 2 aliphatic rings. The molecule has 4 rings (SSSR count). The Kier molecular flexibility index (Phi) is 3.22. The van der Waals surface area contributed by atoms with Crippen LogP contribution in [0.1, 0.15) is 10.4 Å². The molecule has 0 bridgehead atoms. The summed E-state index contributed by atoms with van der Waals surface area (Å²) in [5.74, 6) is 0.532. The average molecular weight is 332 g/mol. The Balaban J connectivity index is 1.54. The Morgan fingerprint density at radius 3 is 2.57 bits per heavy atom. The van der Waals surface area contributed by atoms with Gasteiger partial charge in [-0.05, 0) is 30.0 Å². The van der Waals surface area contributed by atoms with Crippen LogP contribution in [0.5, 0.6) is 0 Å². The van der Waals surface area contributed by atoms with E-state index in [9.17, 15) is 13.2 Å². The Bertz CT molecular complexity index is 827. The van der Waals surface area contributed by atoms with Crippen molar-refractivity contribution in [3.63, 3.8) is 0 Å². The van der Waals surface area contributed by atoms with Crippen molar-refractivity contribution in [2.24, 2.45) is 11.8 Å². The summed E-state index contributed by atoms with van der Waals surface area (Å²) >= 11 is 0. The van der Waals surface area contributed by atoms with Crippen molar-refractivity contribution >= 4 is 15.7 Å². The first-order valence-corrected chi connectivity index (χ1v) is 9.30. The Labute approximate surface area is 133 Å². The third-order valence-electron chi connectivity index (χ3n) is 4.58. The van der Waals surface area contributed by atoms with Crippen LogP contribution in [0.2, 0.25) is 0 Å². The second kappa shape index (κ2) is 5.16. The number of rotatable bonds is 2. The van der Waals surface area contributed by atoms with Gasteiger partial charge in [-0.25, -0.2) is 13.1 Å². The lowest BCUT2D eigenvalue weighted by Crippen LogP contribution is -2.31. The van der Waals surface area contributed by atoms with Gasteiger partial charge in [-0.1, -0.05) is 11.3 Å². The number of fused-ring (bicyclic) bond motifs is 1. The molecule has 1 aromatic carbocycles. The zero-order valence-corrected chi connectivity index (χ0v) is 13.2. The normalized spacial score (nSPS) is 25.5. The van der Waals surface area contributed by atoms with Crippen LogP contribution < -0.4 is 0 Å². The highest BCUT2D eigenvalue weighted by Gasteiger charge is 2.44. The standard InChI is InChI=1S/C15H16N4O3S/c20-15(18-7-12-9-23(21,22)10-13(12)8-18)11-2-1-3-14(6-11)19-5-4-16-17-19/h1-6,12-13H,7-10H2/t12-,13+. The van der Waals surface area contributed by atoms with Crippen LogP contribution >= 0.6 is 0 Å². The molecule has 2 aliphatic heterocycles.